The van der Waals surface area contributed by atoms with Crippen molar-refractivity contribution in [3.63, 3.8) is 0 Å². The van der Waals surface area contributed by atoms with Gasteiger partial charge in [0.25, 0.3) is 0 Å². The molecule has 2 aromatic heterocycles. The van der Waals surface area contributed by atoms with Crippen molar-refractivity contribution in [2.45, 2.75) is 6.54 Å². The number of anilines is 3. The Morgan fingerprint density at radius 1 is 0.846 bits per heavy atom. The van der Waals surface area contributed by atoms with Crippen LogP contribution >= 0.6 is 0 Å². The summed E-state index contributed by atoms with van der Waals surface area (Å²) in [5, 5.41) is 7.56. The van der Waals surface area contributed by atoms with Crippen molar-refractivity contribution in [1.82, 2.24) is 15.0 Å². The smallest absolute Gasteiger partial charge is 0.135 e. The third-order valence-corrected chi connectivity index (χ3v) is 3.95. The number of fused-ring (bicyclic) bond motifs is 1. The Bertz CT molecular complexity index is 1030. The predicted molar refractivity (Wildman–Crippen MR) is 101 cm³/mol. The summed E-state index contributed by atoms with van der Waals surface area (Å²) in [5.74, 6) is 1.10. The molecule has 0 unspecified atom stereocenters. The molecule has 0 atom stereocenters. The molecule has 5 nitrogen and oxygen atoms in total. The predicted octanol–water partition coefficient (Wildman–Crippen LogP) is 4.52. The number of hydrogen-bond donors (Lipinski definition) is 2. The van der Waals surface area contributed by atoms with Crippen LogP contribution in [0.3, 0.4) is 0 Å². The van der Waals surface area contributed by atoms with Crippen LogP contribution in [0.15, 0.2) is 73.2 Å². The average Bonchev–Trinajstić information content (AvgIpc) is 2.68. The van der Waals surface area contributed by atoms with E-state index in [2.05, 4.69) is 25.6 Å². The maximum atomic E-state index is 13.0. The number of pyridine rings is 1. The summed E-state index contributed by atoms with van der Waals surface area (Å²) in [6, 6.07) is 18.1. The minimum atomic E-state index is -0.244. The molecule has 4 aromatic rings. The molecule has 0 amide bonds. The quantitative estimate of drug-likeness (QED) is 0.557. The molecule has 0 fully saturated rings. The van der Waals surface area contributed by atoms with E-state index in [1.165, 1.54) is 18.5 Å². The van der Waals surface area contributed by atoms with Crippen LogP contribution in [0.2, 0.25) is 0 Å². The molecule has 0 saturated heterocycles. The molecule has 0 aliphatic carbocycles. The van der Waals surface area contributed by atoms with Crippen molar-refractivity contribution in [2.24, 2.45) is 0 Å². The average molecular weight is 345 g/mol. The molecule has 4 rings (SSSR count). The van der Waals surface area contributed by atoms with E-state index >= 15 is 0 Å². The summed E-state index contributed by atoms with van der Waals surface area (Å²) in [6.45, 7) is 0.548. The standard InChI is InChI=1S/C20H16FN5/c21-16-8-6-14(7-9-16)12-23-18-11-19(25-13-24-18)26-17-5-1-3-15-4-2-10-22-20(15)17/h1-11,13H,12H2,(H2,23,24,25,26). The second kappa shape index (κ2) is 7.14. The fourth-order valence-corrected chi connectivity index (χ4v) is 2.66. The first-order chi connectivity index (χ1) is 12.8. The number of aromatic nitrogens is 3. The van der Waals surface area contributed by atoms with Gasteiger partial charge in [0.2, 0.25) is 0 Å². The lowest BCUT2D eigenvalue weighted by molar-refractivity contribution is 0.627. The summed E-state index contributed by atoms with van der Waals surface area (Å²) in [6.07, 6.45) is 3.26. The van der Waals surface area contributed by atoms with E-state index < -0.39 is 0 Å². The Kier molecular flexibility index (Phi) is 4.38. The van der Waals surface area contributed by atoms with E-state index in [-0.39, 0.29) is 5.82 Å². The summed E-state index contributed by atoms with van der Waals surface area (Å²) in [5.41, 5.74) is 2.73. The van der Waals surface area contributed by atoms with Crippen LogP contribution in [0.5, 0.6) is 0 Å². The van der Waals surface area contributed by atoms with Gasteiger partial charge in [-0.3, -0.25) is 4.98 Å². The lowest BCUT2D eigenvalue weighted by atomic mass is 10.2. The van der Waals surface area contributed by atoms with Crippen LogP contribution in [-0.4, -0.2) is 15.0 Å². The minimum absolute atomic E-state index is 0.244. The highest BCUT2D eigenvalue weighted by Crippen LogP contribution is 2.24. The first-order valence-electron chi connectivity index (χ1n) is 8.19. The van der Waals surface area contributed by atoms with E-state index in [4.69, 9.17) is 0 Å². The Balaban J connectivity index is 1.51. The molecule has 0 radical (unpaired) electrons. The SMILES string of the molecule is Fc1ccc(CNc2cc(Nc3cccc4cccnc34)ncn2)cc1. The summed E-state index contributed by atoms with van der Waals surface area (Å²) >= 11 is 0. The Morgan fingerprint density at radius 3 is 2.54 bits per heavy atom. The van der Waals surface area contributed by atoms with E-state index in [0.29, 0.717) is 18.2 Å². The summed E-state index contributed by atoms with van der Waals surface area (Å²) < 4.78 is 13.0. The number of halogens is 1. The highest BCUT2D eigenvalue weighted by atomic mass is 19.1. The molecule has 6 heteroatoms. The van der Waals surface area contributed by atoms with E-state index in [1.807, 2.05) is 36.4 Å². The maximum absolute atomic E-state index is 13.0. The summed E-state index contributed by atoms with van der Waals surface area (Å²) in [4.78, 5) is 12.9. The van der Waals surface area contributed by atoms with Crippen LogP contribution in [0.25, 0.3) is 10.9 Å². The van der Waals surface area contributed by atoms with Gasteiger partial charge in [-0.15, -0.1) is 0 Å². The number of rotatable bonds is 5. The third kappa shape index (κ3) is 3.59. The number of hydrogen-bond acceptors (Lipinski definition) is 5. The molecule has 0 aliphatic rings. The molecular weight excluding hydrogens is 329 g/mol. The zero-order valence-corrected chi connectivity index (χ0v) is 13.9. The highest BCUT2D eigenvalue weighted by molar-refractivity contribution is 5.91. The molecule has 0 bridgehead atoms. The molecule has 2 aromatic carbocycles. The van der Waals surface area contributed by atoms with E-state index in [1.54, 1.807) is 18.3 Å². The monoisotopic (exact) mass is 345 g/mol. The van der Waals surface area contributed by atoms with E-state index in [0.717, 1.165) is 22.2 Å². The second-order valence-electron chi connectivity index (χ2n) is 5.77. The minimum Gasteiger partial charge on any atom is -0.366 e. The normalized spacial score (nSPS) is 10.7. The van der Waals surface area contributed by atoms with Crippen molar-refractivity contribution in [2.75, 3.05) is 10.6 Å². The first kappa shape index (κ1) is 16.0. The van der Waals surface area contributed by atoms with Crippen LogP contribution < -0.4 is 10.6 Å². The largest absolute Gasteiger partial charge is 0.366 e. The molecular formula is C20H16FN5. The van der Waals surface area contributed by atoms with Crippen LogP contribution in [0, 0.1) is 5.82 Å². The van der Waals surface area contributed by atoms with Gasteiger partial charge in [-0.1, -0.05) is 30.3 Å². The number of para-hydroxylation sites is 1. The first-order valence-corrected chi connectivity index (χ1v) is 8.19. The summed E-state index contributed by atoms with van der Waals surface area (Å²) in [7, 11) is 0. The molecule has 0 saturated carbocycles. The van der Waals surface area contributed by atoms with Crippen LogP contribution in [-0.2, 0) is 6.54 Å². The fraction of sp³-hybridized carbons (Fsp3) is 0.0500. The number of nitrogens with zero attached hydrogens (tertiary/aromatic N) is 3. The van der Waals surface area contributed by atoms with Gasteiger partial charge in [-0.2, -0.15) is 0 Å². The van der Waals surface area contributed by atoms with Gasteiger partial charge >= 0.3 is 0 Å². The number of nitrogens with one attached hydrogen (secondary N) is 2. The van der Waals surface area contributed by atoms with Crippen molar-refractivity contribution in [1.29, 1.82) is 0 Å². The zero-order chi connectivity index (χ0) is 17.8. The van der Waals surface area contributed by atoms with Crippen LogP contribution in [0.4, 0.5) is 21.7 Å². The molecule has 128 valence electrons. The highest BCUT2D eigenvalue weighted by Gasteiger charge is 2.04. The fourth-order valence-electron chi connectivity index (χ4n) is 2.66. The Labute approximate surface area is 150 Å². The zero-order valence-electron chi connectivity index (χ0n) is 13.9. The molecule has 0 spiro atoms. The van der Waals surface area contributed by atoms with Gasteiger partial charge < -0.3 is 10.6 Å². The molecule has 26 heavy (non-hydrogen) atoms. The number of benzene rings is 2. The third-order valence-electron chi connectivity index (χ3n) is 3.95. The van der Waals surface area contributed by atoms with Gasteiger partial charge in [0.1, 0.15) is 23.8 Å². The Morgan fingerprint density at radius 2 is 1.65 bits per heavy atom. The molecule has 2 N–H and O–H groups in total. The van der Waals surface area contributed by atoms with Crippen LogP contribution in [0.1, 0.15) is 5.56 Å². The van der Waals surface area contributed by atoms with Crippen molar-refractivity contribution >= 4 is 28.2 Å². The topological polar surface area (TPSA) is 62.7 Å². The van der Waals surface area contributed by atoms with Crippen molar-refractivity contribution in [3.05, 3.63) is 84.6 Å². The lowest BCUT2D eigenvalue weighted by Crippen LogP contribution is -2.03. The van der Waals surface area contributed by atoms with Gasteiger partial charge in [0.15, 0.2) is 0 Å². The molecule has 2 heterocycles. The van der Waals surface area contributed by atoms with Gasteiger partial charge in [0, 0.05) is 24.2 Å². The lowest BCUT2D eigenvalue weighted by Gasteiger charge is -2.10. The van der Waals surface area contributed by atoms with Crippen molar-refractivity contribution in [3.8, 4) is 0 Å². The second-order valence-corrected chi connectivity index (χ2v) is 5.77. The van der Waals surface area contributed by atoms with Crippen molar-refractivity contribution < 1.29 is 4.39 Å². The Hall–Kier alpha value is -3.54. The van der Waals surface area contributed by atoms with Gasteiger partial charge in [-0.25, -0.2) is 14.4 Å². The van der Waals surface area contributed by atoms with E-state index in [9.17, 15) is 4.39 Å². The van der Waals surface area contributed by atoms with Gasteiger partial charge in [0.05, 0.1) is 11.2 Å². The molecule has 0 aliphatic heterocycles. The maximum Gasteiger partial charge on any atom is 0.135 e. The van der Waals surface area contributed by atoms with Gasteiger partial charge in [-0.05, 0) is 29.8 Å².